The molecule has 1 unspecified atom stereocenters. The van der Waals surface area contributed by atoms with Crippen molar-refractivity contribution in [2.45, 2.75) is 25.3 Å². The molecule has 2 rings (SSSR count). The Kier molecular flexibility index (Phi) is 3.19. The minimum atomic E-state index is 0.812. The first-order chi connectivity index (χ1) is 6.40. The van der Waals surface area contributed by atoms with Crippen LogP contribution in [0.5, 0.6) is 0 Å². The molecule has 2 saturated heterocycles. The minimum absolute atomic E-state index is 0.812. The normalized spacial score (nSPS) is 31.6. The van der Waals surface area contributed by atoms with Crippen molar-refractivity contribution in [1.82, 2.24) is 9.80 Å². The van der Waals surface area contributed by atoms with Crippen LogP contribution in [0.15, 0.2) is 0 Å². The van der Waals surface area contributed by atoms with E-state index < -0.39 is 0 Å². The third-order valence-electron chi connectivity index (χ3n) is 3.35. The molecule has 2 aliphatic rings. The lowest BCUT2D eigenvalue weighted by atomic mass is 10.2. The number of hydrogen-bond acceptors (Lipinski definition) is 3. The predicted molar refractivity (Wildman–Crippen MR) is 54.7 cm³/mol. The van der Waals surface area contributed by atoms with Crippen molar-refractivity contribution >= 4 is 0 Å². The minimum Gasteiger partial charge on any atom is -0.329 e. The second-order valence-electron chi connectivity index (χ2n) is 4.27. The molecular weight excluding hydrogens is 162 g/mol. The fraction of sp³-hybridized carbons (Fsp3) is 1.00. The van der Waals surface area contributed by atoms with Gasteiger partial charge in [0.1, 0.15) is 0 Å². The number of rotatable bonds is 3. The molecule has 0 radical (unpaired) electrons. The zero-order valence-corrected chi connectivity index (χ0v) is 8.41. The van der Waals surface area contributed by atoms with Gasteiger partial charge < -0.3 is 10.6 Å². The van der Waals surface area contributed by atoms with Gasteiger partial charge in [0, 0.05) is 25.7 Å². The van der Waals surface area contributed by atoms with Gasteiger partial charge in [0.2, 0.25) is 0 Å². The van der Waals surface area contributed by atoms with Gasteiger partial charge in [-0.25, -0.2) is 0 Å². The van der Waals surface area contributed by atoms with E-state index in [0.717, 1.165) is 19.1 Å². The smallest absolute Gasteiger partial charge is 0.0235 e. The fourth-order valence-corrected chi connectivity index (χ4v) is 2.60. The molecule has 0 aromatic heterocycles. The Morgan fingerprint density at radius 1 is 1.15 bits per heavy atom. The standard InChI is InChI=1S/C10H21N3/c11-4-8-12-7-3-10(9-12)13-5-1-2-6-13/h10H,1-9,11H2. The number of hydrogen-bond donors (Lipinski definition) is 1. The van der Waals surface area contributed by atoms with E-state index >= 15 is 0 Å². The monoisotopic (exact) mass is 183 g/mol. The highest BCUT2D eigenvalue weighted by Crippen LogP contribution is 2.19. The van der Waals surface area contributed by atoms with Crippen LogP contribution in [0.25, 0.3) is 0 Å². The molecule has 3 heteroatoms. The van der Waals surface area contributed by atoms with E-state index in [4.69, 9.17) is 5.73 Å². The molecule has 0 aromatic carbocycles. The summed E-state index contributed by atoms with van der Waals surface area (Å²) in [4.78, 5) is 5.17. The molecule has 0 amide bonds. The van der Waals surface area contributed by atoms with Gasteiger partial charge in [-0.2, -0.15) is 0 Å². The molecular formula is C10H21N3. The molecule has 13 heavy (non-hydrogen) atoms. The van der Waals surface area contributed by atoms with Crippen molar-refractivity contribution in [2.24, 2.45) is 5.73 Å². The Hall–Kier alpha value is -0.120. The van der Waals surface area contributed by atoms with E-state index in [0.29, 0.717) is 0 Å². The van der Waals surface area contributed by atoms with Crippen molar-refractivity contribution < 1.29 is 0 Å². The molecule has 0 aliphatic carbocycles. The average molecular weight is 183 g/mol. The molecule has 0 spiro atoms. The Bertz CT molecular complexity index is 154. The first kappa shape index (κ1) is 9.44. The Morgan fingerprint density at radius 2 is 1.92 bits per heavy atom. The van der Waals surface area contributed by atoms with Gasteiger partial charge in [0.25, 0.3) is 0 Å². The maximum Gasteiger partial charge on any atom is 0.0235 e. The lowest BCUT2D eigenvalue weighted by Gasteiger charge is -2.23. The van der Waals surface area contributed by atoms with Crippen LogP contribution in [-0.2, 0) is 0 Å². The maximum absolute atomic E-state index is 5.55. The van der Waals surface area contributed by atoms with Crippen molar-refractivity contribution in [3.63, 3.8) is 0 Å². The summed E-state index contributed by atoms with van der Waals surface area (Å²) < 4.78 is 0. The summed E-state index contributed by atoms with van der Waals surface area (Å²) >= 11 is 0. The Labute approximate surface area is 80.9 Å². The van der Waals surface area contributed by atoms with Crippen LogP contribution in [0.1, 0.15) is 19.3 Å². The zero-order chi connectivity index (χ0) is 9.10. The van der Waals surface area contributed by atoms with Gasteiger partial charge >= 0.3 is 0 Å². The van der Waals surface area contributed by atoms with Gasteiger partial charge in [-0.1, -0.05) is 0 Å². The lowest BCUT2D eigenvalue weighted by molar-refractivity contribution is 0.234. The third-order valence-corrected chi connectivity index (χ3v) is 3.35. The first-order valence-corrected chi connectivity index (χ1v) is 5.56. The van der Waals surface area contributed by atoms with Crippen molar-refractivity contribution in [3.8, 4) is 0 Å². The third kappa shape index (κ3) is 2.22. The second-order valence-corrected chi connectivity index (χ2v) is 4.27. The number of likely N-dealkylation sites (tertiary alicyclic amines) is 2. The fourth-order valence-electron chi connectivity index (χ4n) is 2.60. The molecule has 76 valence electrons. The van der Waals surface area contributed by atoms with Crippen LogP contribution in [0.3, 0.4) is 0 Å². The molecule has 1 atom stereocenters. The quantitative estimate of drug-likeness (QED) is 0.674. The van der Waals surface area contributed by atoms with Gasteiger partial charge in [-0.15, -0.1) is 0 Å². The van der Waals surface area contributed by atoms with Gasteiger partial charge in [0.05, 0.1) is 0 Å². The highest BCUT2D eigenvalue weighted by atomic mass is 15.3. The highest BCUT2D eigenvalue weighted by molar-refractivity contribution is 4.85. The Balaban J connectivity index is 1.76. The lowest BCUT2D eigenvalue weighted by Crippen LogP contribution is -2.36. The molecule has 2 N–H and O–H groups in total. The SMILES string of the molecule is NCCN1CCC(N2CCCC2)C1. The van der Waals surface area contributed by atoms with E-state index in [9.17, 15) is 0 Å². The van der Waals surface area contributed by atoms with Crippen LogP contribution in [0.2, 0.25) is 0 Å². The van der Waals surface area contributed by atoms with Gasteiger partial charge in [-0.05, 0) is 38.9 Å². The summed E-state index contributed by atoms with van der Waals surface area (Å²) in [5.74, 6) is 0. The molecule has 2 aliphatic heterocycles. The number of nitrogens with two attached hydrogens (primary N) is 1. The van der Waals surface area contributed by atoms with Crippen molar-refractivity contribution in [3.05, 3.63) is 0 Å². The number of nitrogens with zero attached hydrogens (tertiary/aromatic N) is 2. The largest absolute Gasteiger partial charge is 0.329 e. The van der Waals surface area contributed by atoms with Crippen LogP contribution in [-0.4, -0.2) is 55.1 Å². The summed E-state index contributed by atoms with van der Waals surface area (Å²) in [5, 5.41) is 0. The van der Waals surface area contributed by atoms with Gasteiger partial charge in [-0.3, -0.25) is 4.90 Å². The van der Waals surface area contributed by atoms with Crippen LogP contribution in [0.4, 0.5) is 0 Å². The average Bonchev–Trinajstić information content (AvgIpc) is 2.70. The van der Waals surface area contributed by atoms with E-state index in [1.807, 2.05) is 0 Å². The van der Waals surface area contributed by atoms with Crippen LogP contribution in [0, 0.1) is 0 Å². The van der Waals surface area contributed by atoms with Crippen molar-refractivity contribution in [2.75, 3.05) is 39.3 Å². The summed E-state index contributed by atoms with van der Waals surface area (Å²) in [6, 6.07) is 0.842. The zero-order valence-electron chi connectivity index (χ0n) is 8.41. The predicted octanol–water partition coefficient (Wildman–Crippen LogP) is 0.115. The highest BCUT2D eigenvalue weighted by Gasteiger charge is 2.28. The molecule has 2 fully saturated rings. The molecule has 2 heterocycles. The summed E-state index contributed by atoms with van der Waals surface area (Å²) in [5.41, 5.74) is 5.55. The van der Waals surface area contributed by atoms with E-state index in [2.05, 4.69) is 9.80 Å². The molecule has 3 nitrogen and oxygen atoms in total. The van der Waals surface area contributed by atoms with Gasteiger partial charge in [0.15, 0.2) is 0 Å². The topological polar surface area (TPSA) is 32.5 Å². The van der Waals surface area contributed by atoms with E-state index in [1.165, 1.54) is 45.4 Å². The molecule has 0 saturated carbocycles. The molecule has 0 bridgehead atoms. The maximum atomic E-state index is 5.55. The second kappa shape index (κ2) is 4.40. The van der Waals surface area contributed by atoms with Crippen LogP contribution < -0.4 is 5.73 Å². The Morgan fingerprint density at radius 3 is 2.62 bits per heavy atom. The summed E-state index contributed by atoms with van der Waals surface area (Å²) in [6.45, 7) is 7.09. The van der Waals surface area contributed by atoms with E-state index in [-0.39, 0.29) is 0 Å². The summed E-state index contributed by atoms with van der Waals surface area (Å²) in [6.07, 6.45) is 4.18. The molecule has 0 aromatic rings. The van der Waals surface area contributed by atoms with Crippen molar-refractivity contribution in [1.29, 1.82) is 0 Å². The van der Waals surface area contributed by atoms with Crippen LogP contribution >= 0.6 is 0 Å². The first-order valence-electron chi connectivity index (χ1n) is 5.56. The summed E-state index contributed by atoms with van der Waals surface area (Å²) in [7, 11) is 0. The van der Waals surface area contributed by atoms with E-state index in [1.54, 1.807) is 0 Å².